The molecule has 0 saturated carbocycles. The maximum atomic E-state index is 12.6. The molecule has 6 nitrogen and oxygen atoms in total. The summed E-state index contributed by atoms with van der Waals surface area (Å²) in [6.45, 7) is 3.59. The molecule has 0 unspecified atom stereocenters. The summed E-state index contributed by atoms with van der Waals surface area (Å²) in [6, 6.07) is 16.6. The molecule has 1 saturated heterocycles. The number of hydrogen-bond donors (Lipinski definition) is 3. The minimum atomic E-state index is -0.233. The summed E-state index contributed by atoms with van der Waals surface area (Å²) in [4.78, 5) is 27.0. The maximum Gasteiger partial charge on any atom is 0.319 e. The Hall–Kier alpha value is -2.57. The first kappa shape index (κ1) is 22.1. The van der Waals surface area contributed by atoms with Crippen molar-refractivity contribution in [2.45, 2.75) is 38.3 Å². The fraction of sp³-hybridized carbons (Fsp3) is 0.391. The van der Waals surface area contributed by atoms with Crippen LogP contribution in [-0.4, -0.2) is 42.5 Å². The predicted molar refractivity (Wildman–Crippen MR) is 121 cm³/mol. The Kier molecular flexibility index (Phi) is 8.11. The molecule has 2 aromatic rings. The number of benzene rings is 2. The van der Waals surface area contributed by atoms with Gasteiger partial charge in [-0.05, 0) is 50.1 Å². The molecule has 2 atom stereocenters. The van der Waals surface area contributed by atoms with Gasteiger partial charge in [-0.25, -0.2) is 4.79 Å². The van der Waals surface area contributed by atoms with Gasteiger partial charge < -0.3 is 16.0 Å². The Morgan fingerprint density at radius 2 is 1.83 bits per heavy atom. The van der Waals surface area contributed by atoms with Crippen LogP contribution in [0.2, 0.25) is 5.02 Å². The van der Waals surface area contributed by atoms with E-state index in [1.54, 1.807) is 0 Å². The second-order valence-corrected chi connectivity index (χ2v) is 8.04. The Morgan fingerprint density at radius 3 is 2.60 bits per heavy atom. The van der Waals surface area contributed by atoms with Crippen LogP contribution in [0.5, 0.6) is 0 Å². The van der Waals surface area contributed by atoms with Crippen LogP contribution >= 0.6 is 11.6 Å². The quantitative estimate of drug-likeness (QED) is 0.619. The van der Waals surface area contributed by atoms with Gasteiger partial charge >= 0.3 is 6.03 Å². The van der Waals surface area contributed by atoms with Crippen LogP contribution in [0.1, 0.15) is 37.8 Å². The summed E-state index contributed by atoms with van der Waals surface area (Å²) in [5, 5.41) is 9.45. The molecule has 1 fully saturated rings. The lowest BCUT2D eigenvalue weighted by atomic mass is 10.0. The molecule has 0 spiro atoms. The van der Waals surface area contributed by atoms with Crippen molar-refractivity contribution in [1.29, 1.82) is 0 Å². The van der Waals surface area contributed by atoms with E-state index in [0.717, 1.165) is 37.1 Å². The molecule has 0 radical (unpaired) electrons. The van der Waals surface area contributed by atoms with Gasteiger partial charge in [0, 0.05) is 23.3 Å². The summed E-state index contributed by atoms with van der Waals surface area (Å²) < 4.78 is 0. The average Bonchev–Trinajstić information content (AvgIpc) is 2.74. The van der Waals surface area contributed by atoms with Gasteiger partial charge in [-0.15, -0.1) is 0 Å². The summed E-state index contributed by atoms with van der Waals surface area (Å²) >= 11 is 6.24. The van der Waals surface area contributed by atoms with Crippen molar-refractivity contribution < 1.29 is 9.59 Å². The van der Waals surface area contributed by atoms with E-state index in [2.05, 4.69) is 20.9 Å². The lowest BCUT2D eigenvalue weighted by Crippen LogP contribution is -2.50. The molecule has 2 aromatic carbocycles. The van der Waals surface area contributed by atoms with E-state index < -0.39 is 0 Å². The third kappa shape index (κ3) is 6.47. The Balaban J connectivity index is 1.49. The third-order valence-electron chi connectivity index (χ3n) is 5.37. The van der Waals surface area contributed by atoms with E-state index in [1.807, 2.05) is 61.5 Å². The van der Waals surface area contributed by atoms with Crippen molar-refractivity contribution >= 4 is 29.2 Å². The number of para-hydroxylation sites is 1. The number of carbonyl (C=O) groups is 2. The van der Waals surface area contributed by atoms with Crippen LogP contribution in [0, 0.1) is 0 Å². The average molecular weight is 429 g/mol. The topological polar surface area (TPSA) is 73.5 Å². The fourth-order valence-electron chi connectivity index (χ4n) is 3.78. The largest absolute Gasteiger partial charge is 0.348 e. The molecule has 3 N–H and O–H groups in total. The van der Waals surface area contributed by atoms with E-state index in [9.17, 15) is 9.59 Å². The highest BCUT2D eigenvalue weighted by Gasteiger charge is 2.25. The van der Waals surface area contributed by atoms with Gasteiger partial charge in [0.1, 0.15) is 0 Å². The van der Waals surface area contributed by atoms with Crippen LogP contribution in [0.4, 0.5) is 10.5 Å². The standard InChI is InChI=1S/C23H29ClN4O2/c1-17(20-12-5-6-13-21(20)24)26-22(29)16-28-14-8-7-11-19(28)15-25-23(30)27-18-9-3-2-4-10-18/h2-6,9-10,12-13,17,19H,7-8,11,14-16H2,1H3,(H,26,29)(H2,25,27,30)/t17-,19+/m0/s1. The number of amides is 3. The molecular formula is C23H29ClN4O2. The second kappa shape index (κ2) is 11.0. The number of piperidine rings is 1. The molecule has 1 heterocycles. The number of anilines is 1. The Bertz CT molecular complexity index is 846. The molecule has 1 aliphatic rings. The molecule has 7 heteroatoms. The lowest BCUT2D eigenvalue weighted by molar-refractivity contribution is -0.123. The molecule has 30 heavy (non-hydrogen) atoms. The number of halogens is 1. The number of likely N-dealkylation sites (tertiary alicyclic amines) is 1. The van der Waals surface area contributed by atoms with Crippen LogP contribution in [-0.2, 0) is 4.79 Å². The van der Waals surface area contributed by atoms with Gasteiger partial charge in [0.2, 0.25) is 5.91 Å². The first-order chi connectivity index (χ1) is 14.5. The zero-order chi connectivity index (χ0) is 21.3. The van der Waals surface area contributed by atoms with Gasteiger partial charge in [-0.2, -0.15) is 0 Å². The number of urea groups is 1. The summed E-state index contributed by atoms with van der Waals surface area (Å²) in [6.07, 6.45) is 3.11. The van der Waals surface area contributed by atoms with Crippen molar-refractivity contribution in [1.82, 2.24) is 15.5 Å². The first-order valence-electron chi connectivity index (χ1n) is 10.4. The normalized spacial score (nSPS) is 17.7. The highest BCUT2D eigenvalue weighted by molar-refractivity contribution is 6.31. The van der Waals surface area contributed by atoms with E-state index in [1.165, 1.54) is 0 Å². The number of nitrogens with zero attached hydrogens (tertiary/aromatic N) is 1. The minimum absolute atomic E-state index is 0.0388. The van der Waals surface area contributed by atoms with Gasteiger partial charge in [-0.3, -0.25) is 9.69 Å². The molecule has 3 rings (SSSR count). The number of nitrogens with one attached hydrogen (secondary N) is 3. The van der Waals surface area contributed by atoms with Crippen LogP contribution in [0.25, 0.3) is 0 Å². The second-order valence-electron chi connectivity index (χ2n) is 7.63. The third-order valence-corrected chi connectivity index (χ3v) is 5.72. The minimum Gasteiger partial charge on any atom is -0.348 e. The van der Waals surface area contributed by atoms with Crippen molar-refractivity contribution in [3.63, 3.8) is 0 Å². The molecule has 0 aromatic heterocycles. The van der Waals surface area contributed by atoms with E-state index in [-0.39, 0.29) is 24.0 Å². The molecule has 1 aliphatic heterocycles. The Labute approximate surface area is 183 Å². The zero-order valence-electron chi connectivity index (χ0n) is 17.2. The van der Waals surface area contributed by atoms with Gasteiger partial charge in [0.15, 0.2) is 0 Å². The molecular weight excluding hydrogens is 400 g/mol. The number of rotatable bonds is 7. The lowest BCUT2D eigenvalue weighted by Gasteiger charge is -2.35. The first-order valence-corrected chi connectivity index (χ1v) is 10.8. The van der Waals surface area contributed by atoms with Crippen LogP contribution < -0.4 is 16.0 Å². The fourth-order valence-corrected chi connectivity index (χ4v) is 4.08. The van der Waals surface area contributed by atoms with Crippen LogP contribution in [0.3, 0.4) is 0 Å². The van der Waals surface area contributed by atoms with Gasteiger partial charge in [0.05, 0.1) is 12.6 Å². The van der Waals surface area contributed by atoms with E-state index in [0.29, 0.717) is 18.1 Å². The molecule has 3 amide bonds. The summed E-state index contributed by atoms with van der Waals surface area (Å²) in [7, 11) is 0. The van der Waals surface area contributed by atoms with Crippen molar-refractivity contribution in [3.05, 3.63) is 65.2 Å². The number of hydrogen-bond acceptors (Lipinski definition) is 3. The SMILES string of the molecule is C[C@H](NC(=O)CN1CCCC[C@@H]1CNC(=O)Nc1ccccc1)c1ccccc1Cl. The predicted octanol–water partition coefficient (Wildman–Crippen LogP) is 4.19. The van der Waals surface area contributed by atoms with E-state index in [4.69, 9.17) is 11.6 Å². The smallest absolute Gasteiger partial charge is 0.319 e. The summed E-state index contributed by atoms with van der Waals surface area (Å²) in [5.41, 5.74) is 1.66. The number of carbonyl (C=O) groups excluding carboxylic acids is 2. The Morgan fingerprint density at radius 1 is 1.10 bits per heavy atom. The van der Waals surface area contributed by atoms with Crippen molar-refractivity contribution in [2.24, 2.45) is 0 Å². The highest BCUT2D eigenvalue weighted by atomic mass is 35.5. The van der Waals surface area contributed by atoms with Crippen LogP contribution in [0.15, 0.2) is 54.6 Å². The van der Waals surface area contributed by atoms with E-state index >= 15 is 0 Å². The monoisotopic (exact) mass is 428 g/mol. The van der Waals surface area contributed by atoms with Gasteiger partial charge in [-0.1, -0.05) is 54.4 Å². The zero-order valence-corrected chi connectivity index (χ0v) is 18.0. The van der Waals surface area contributed by atoms with Crippen molar-refractivity contribution in [2.75, 3.05) is 25.0 Å². The molecule has 0 bridgehead atoms. The van der Waals surface area contributed by atoms with Gasteiger partial charge in [0.25, 0.3) is 0 Å². The van der Waals surface area contributed by atoms with Crippen molar-refractivity contribution in [3.8, 4) is 0 Å². The highest BCUT2D eigenvalue weighted by Crippen LogP contribution is 2.22. The summed E-state index contributed by atoms with van der Waals surface area (Å²) in [5.74, 6) is -0.0388. The maximum absolute atomic E-state index is 12.6. The molecule has 0 aliphatic carbocycles. The molecule has 160 valence electrons.